The Kier molecular flexibility index (Phi) is 6.95. The summed E-state index contributed by atoms with van der Waals surface area (Å²) < 4.78 is 5.13. The van der Waals surface area contributed by atoms with Gasteiger partial charge >= 0.3 is 11.9 Å². The van der Waals surface area contributed by atoms with Crippen molar-refractivity contribution < 1.29 is 29.3 Å². The molecule has 10 heteroatoms. The second kappa shape index (κ2) is 10.5. The molecule has 0 spiro atoms. The van der Waals surface area contributed by atoms with E-state index in [0.717, 1.165) is 45.5 Å². The van der Waals surface area contributed by atoms with Gasteiger partial charge in [0.05, 0.1) is 30.1 Å². The standard InChI is InChI=1S/C33H36N4O6/c1-6-18-20(13-38)24-10-17-9-14(2)21(34-17)11-22-15(3)19(7-8-26(39)40)30(36-22)28-29(33(42)43-5)32(41)27-16(4)23(37-31(27)28)12-25(18)35-24/h9-13,15,19,29-30,34-38H,6-8H2,1-5H3,(H,39,40)/b20-13-,22-11-,23-12-,24-10-/t15-,19-,29+,30?/m0/s1. The number of Topliss-reactive ketones (excluding diaryl/α,β-unsaturated/α-hetero) is 1. The van der Waals surface area contributed by atoms with Gasteiger partial charge in [0, 0.05) is 51.2 Å². The third kappa shape index (κ3) is 4.43. The van der Waals surface area contributed by atoms with Crippen molar-refractivity contribution in [1.82, 2.24) is 20.3 Å². The number of hydrogen-bond donors (Lipinski definition) is 6. The van der Waals surface area contributed by atoms with Gasteiger partial charge in [0.15, 0.2) is 5.78 Å². The highest BCUT2D eigenvalue weighted by Gasteiger charge is 2.49. The van der Waals surface area contributed by atoms with Crippen LogP contribution in [0, 0.1) is 31.6 Å². The Balaban J connectivity index is 1.72. The first-order valence-corrected chi connectivity index (χ1v) is 14.6. The number of aryl methyl sites for hydroxylation is 1. The Labute approximate surface area is 247 Å². The van der Waals surface area contributed by atoms with Crippen molar-refractivity contribution >= 4 is 47.8 Å². The first kappa shape index (κ1) is 28.4. The normalized spacial score (nSPS) is 25.4. The Morgan fingerprint density at radius 3 is 2.51 bits per heavy atom. The van der Waals surface area contributed by atoms with E-state index in [1.165, 1.54) is 7.11 Å². The average molecular weight is 585 g/mol. The van der Waals surface area contributed by atoms with Gasteiger partial charge in [-0.2, -0.15) is 0 Å². The van der Waals surface area contributed by atoms with Crippen LogP contribution in [0.5, 0.6) is 0 Å². The van der Waals surface area contributed by atoms with E-state index in [1.807, 2.05) is 52.0 Å². The number of aliphatic carboxylic acids is 1. The fourth-order valence-corrected chi connectivity index (χ4v) is 7.17. The van der Waals surface area contributed by atoms with Crippen molar-refractivity contribution in [2.24, 2.45) is 17.8 Å². The molecule has 224 valence electrons. The van der Waals surface area contributed by atoms with E-state index in [2.05, 4.69) is 20.3 Å². The van der Waals surface area contributed by atoms with Crippen LogP contribution in [0.1, 0.15) is 70.8 Å². The van der Waals surface area contributed by atoms with Crippen LogP contribution in [-0.4, -0.2) is 56.0 Å². The Bertz CT molecular complexity index is 1970. The lowest BCUT2D eigenvalue weighted by molar-refractivity contribution is -0.142. The molecule has 10 nitrogen and oxygen atoms in total. The maximum Gasteiger partial charge on any atom is 0.320 e. The molecule has 6 rings (SSSR count). The van der Waals surface area contributed by atoms with E-state index >= 15 is 0 Å². The van der Waals surface area contributed by atoms with Crippen LogP contribution in [0.3, 0.4) is 0 Å². The summed E-state index contributed by atoms with van der Waals surface area (Å²) in [5.41, 5.74) is 7.07. The molecule has 43 heavy (non-hydrogen) atoms. The lowest BCUT2D eigenvalue weighted by Gasteiger charge is -2.25. The number of nitrogens with one attached hydrogen (secondary N) is 4. The van der Waals surface area contributed by atoms with Crippen molar-refractivity contribution in [3.05, 3.63) is 72.4 Å². The predicted octanol–water partition coefficient (Wildman–Crippen LogP) is 1.38. The van der Waals surface area contributed by atoms with Gasteiger partial charge in [0.25, 0.3) is 0 Å². The number of aromatic amines is 3. The molecular formula is C33H36N4O6. The summed E-state index contributed by atoms with van der Waals surface area (Å²) in [6.45, 7) is 7.92. The van der Waals surface area contributed by atoms with E-state index in [0.29, 0.717) is 45.5 Å². The molecule has 1 unspecified atom stereocenters. The molecule has 3 aromatic rings. The molecule has 3 aliphatic rings. The lowest BCUT2D eigenvalue weighted by atomic mass is 9.80. The van der Waals surface area contributed by atoms with Gasteiger partial charge in [0.2, 0.25) is 0 Å². The monoisotopic (exact) mass is 584 g/mol. The number of fused-ring (bicyclic) bond motifs is 8. The largest absolute Gasteiger partial charge is 0.515 e. The summed E-state index contributed by atoms with van der Waals surface area (Å²) >= 11 is 0. The number of rotatable bonds is 5. The fourth-order valence-electron chi connectivity index (χ4n) is 7.17. The molecule has 6 N–H and O–H groups in total. The maximum absolute atomic E-state index is 14.0. The molecule has 0 amide bonds. The summed E-state index contributed by atoms with van der Waals surface area (Å²) in [6, 6.07) is 1.56. The minimum Gasteiger partial charge on any atom is -0.515 e. The van der Waals surface area contributed by atoms with E-state index < -0.39 is 23.9 Å². The summed E-state index contributed by atoms with van der Waals surface area (Å²) in [7, 11) is 1.27. The number of aromatic nitrogens is 3. The van der Waals surface area contributed by atoms with Crippen molar-refractivity contribution in [2.75, 3.05) is 7.11 Å². The molecule has 0 saturated carbocycles. The minimum absolute atomic E-state index is 0.0419. The Hall–Kier alpha value is -4.73. The topological polar surface area (TPSA) is 160 Å². The number of hydrogen-bond acceptors (Lipinski definition) is 6. The summed E-state index contributed by atoms with van der Waals surface area (Å²) in [6.07, 6.45) is 8.01. The number of carbonyl (C=O) groups excluding carboxylic acids is 2. The van der Waals surface area contributed by atoms with Crippen molar-refractivity contribution in [1.29, 1.82) is 0 Å². The quantitative estimate of drug-likeness (QED) is 0.195. The van der Waals surface area contributed by atoms with Gasteiger partial charge in [-0.25, -0.2) is 0 Å². The maximum atomic E-state index is 14.0. The molecule has 5 heterocycles. The molecule has 1 fully saturated rings. The second-order valence-electron chi connectivity index (χ2n) is 11.7. The van der Waals surface area contributed by atoms with E-state index in [4.69, 9.17) is 4.74 Å². The van der Waals surface area contributed by atoms with Crippen LogP contribution >= 0.6 is 0 Å². The number of carboxylic acids is 1. The highest BCUT2D eigenvalue weighted by molar-refractivity contribution is 6.19. The first-order chi connectivity index (χ1) is 20.6. The van der Waals surface area contributed by atoms with Gasteiger partial charge in [-0.15, -0.1) is 0 Å². The average Bonchev–Trinajstić information content (AvgIpc) is 3.73. The van der Waals surface area contributed by atoms with E-state index in [9.17, 15) is 24.6 Å². The molecular weight excluding hydrogens is 548 g/mol. The number of aliphatic hydroxyl groups is 1. The Morgan fingerprint density at radius 2 is 1.84 bits per heavy atom. The number of ether oxygens (including phenoxy) is 1. The molecule has 8 bridgehead atoms. The molecule has 3 aromatic heterocycles. The van der Waals surface area contributed by atoms with Gasteiger partial charge in [0.1, 0.15) is 5.92 Å². The predicted molar refractivity (Wildman–Crippen MR) is 162 cm³/mol. The summed E-state index contributed by atoms with van der Waals surface area (Å²) in [5.74, 6) is -3.30. The van der Waals surface area contributed by atoms with Gasteiger partial charge < -0.3 is 35.2 Å². The van der Waals surface area contributed by atoms with Crippen LogP contribution < -0.4 is 26.6 Å². The zero-order valence-corrected chi connectivity index (χ0v) is 24.8. The summed E-state index contributed by atoms with van der Waals surface area (Å²) in [4.78, 5) is 49.2. The van der Waals surface area contributed by atoms with Gasteiger partial charge in [-0.3, -0.25) is 14.4 Å². The van der Waals surface area contributed by atoms with Crippen LogP contribution in [0.4, 0.5) is 0 Å². The van der Waals surface area contributed by atoms with Crippen LogP contribution in [0.2, 0.25) is 0 Å². The van der Waals surface area contributed by atoms with Crippen LogP contribution in [-0.2, 0) is 20.7 Å². The van der Waals surface area contributed by atoms with Crippen LogP contribution in [0.25, 0.3) is 30.1 Å². The number of allylic oxidation sites excluding steroid dienone is 1. The third-order valence-corrected chi connectivity index (χ3v) is 9.40. The number of H-pyrrole nitrogens is 3. The molecule has 4 atom stereocenters. The van der Waals surface area contributed by atoms with E-state index in [1.54, 1.807) is 0 Å². The molecule has 0 aromatic carbocycles. The zero-order valence-electron chi connectivity index (χ0n) is 24.8. The van der Waals surface area contributed by atoms with Crippen molar-refractivity contribution in [2.45, 2.75) is 53.0 Å². The van der Waals surface area contributed by atoms with Crippen molar-refractivity contribution in [3.8, 4) is 0 Å². The lowest BCUT2D eigenvalue weighted by Crippen LogP contribution is -2.38. The van der Waals surface area contributed by atoms with Gasteiger partial charge in [-0.1, -0.05) is 13.8 Å². The third-order valence-electron chi connectivity index (χ3n) is 9.40. The highest BCUT2D eigenvalue weighted by atomic mass is 16.5. The molecule has 0 radical (unpaired) electrons. The minimum atomic E-state index is -1.14. The number of methoxy groups -OCH3 is 1. The number of carbonyl (C=O) groups is 3. The summed E-state index contributed by atoms with van der Waals surface area (Å²) in [5, 5.41) is 26.1. The number of aliphatic hydroxyl groups excluding tert-OH is 1. The highest BCUT2D eigenvalue weighted by Crippen LogP contribution is 2.42. The van der Waals surface area contributed by atoms with Crippen molar-refractivity contribution in [3.63, 3.8) is 0 Å². The second-order valence-corrected chi connectivity index (χ2v) is 11.7. The first-order valence-electron chi connectivity index (χ1n) is 14.6. The van der Waals surface area contributed by atoms with E-state index in [-0.39, 0.29) is 24.0 Å². The van der Waals surface area contributed by atoms with Crippen LogP contribution in [0.15, 0.2) is 11.8 Å². The SMILES string of the molecule is CCc1c2[nH]c(/c1=C\O)=C\c1cc(C)c([nH]1)/C=C1\NC(C3=c4[nH]/c(c(C)c4C(=O)[C@@H]3C(=O)OC)=C\2)[C@@H](CCC(=O)O)[C@@H]1C. The number of carboxylic acid groups (broad SMARTS) is 1. The van der Waals surface area contributed by atoms with Gasteiger partial charge in [-0.05, 0) is 79.2 Å². The molecule has 1 aliphatic carbocycles. The smallest absolute Gasteiger partial charge is 0.320 e. The number of esters is 1. The Morgan fingerprint density at radius 1 is 1.07 bits per heavy atom. The number of ketones is 1. The zero-order chi connectivity index (χ0) is 30.7. The molecule has 1 saturated heterocycles. The molecule has 2 aliphatic heterocycles. The fraction of sp³-hybridized carbons (Fsp3) is 0.364.